The van der Waals surface area contributed by atoms with Crippen molar-refractivity contribution in [1.82, 2.24) is 4.98 Å². The molecule has 0 fully saturated rings. The lowest BCUT2D eigenvalue weighted by molar-refractivity contribution is 0.225. The van der Waals surface area contributed by atoms with E-state index in [1.807, 2.05) is 66.7 Å². The third-order valence-electron chi connectivity index (χ3n) is 4.62. The summed E-state index contributed by atoms with van der Waals surface area (Å²) in [6.45, 7) is 2.17. The van der Waals surface area contributed by atoms with Crippen molar-refractivity contribution < 1.29 is 5.11 Å². The molecule has 3 rings (SSSR count). The highest BCUT2D eigenvalue weighted by atomic mass is 32.2. The normalized spacial score (nSPS) is 11.8. The number of aliphatic hydroxyl groups excluding tert-OH is 1. The van der Waals surface area contributed by atoms with Crippen LogP contribution in [0.2, 0.25) is 0 Å². The van der Waals surface area contributed by atoms with E-state index in [-0.39, 0.29) is 0 Å². The Morgan fingerprint density at radius 1 is 1.00 bits per heavy atom. The number of aromatic nitrogens is 1. The van der Waals surface area contributed by atoms with E-state index in [1.54, 1.807) is 11.8 Å². The van der Waals surface area contributed by atoms with Gasteiger partial charge in [-0.3, -0.25) is 0 Å². The molecule has 0 saturated heterocycles. The molecule has 1 unspecified atom stereocenters. The van der Waals surface area contributed by atoms with Crippen LogP contribution in [0.5, 0.6) is 0 Å². The molecule has 1 N–H and O–H groups in total. The molecule has 0 bridgehead atoms. The van der Waals surface area contributed by atoms with Gasteiger partial charge in [-0.1, -0.05) is 74.0 Å². The number of nitrogens with zero attached hydrogens (tertiary/aromatic N) is 2. The van der Waals surface area contributed by atoms with Crippen molar-refractivity contribution in [3.8, 4) is 28.5 Å². The minimum Gasteiger partial charge on any atom is -0.391 e. The Morgan fingerprint density at radius 2 is 1.67 bits per heavy atom. The maximum atomic E-state index is 10.4. The number of thioether (sulfide) groups is 2. The first-order chi connectivity index (χ1) is 14.7. The molecule has 1 atom stereocenters. The Hall–Kier alpha value is -2.26. The van der Waals surface area contributed by atoms with Crippen molar-refractivity contribution in [3.63, 3.8) is 0 Å². The van der Waals surface area contributed by atoms with Crippen LogP contribution in [0.3, 0.4) is 0 Å². The molecule has 0 aliphatic rings. The molecule has 0 amide bonds. The van der Waals surface area contributed by atoms with Crippen LogP contribution < -0.4 is 0 Å². The van der Waals surface area contributed by atoms with Crippen LogP contribution in [0.1, 0.15) is 25.3 Å². The van der Waals surface area contributed by atoms with E-state index in [4.69, 9.17) is 4.98 Å². The summed E-state index contributed by atoms with van der Waals surface area (Å²) in [6, 6.07) is 24.3. The largest absolute Gasteiger partial charge is 0.391 e. The first-order valence-corrected chi connectivity index (χ1v) is 12.3. The van der Waals surface area contributed by atoms with E-state index in [2.05, 4.69) is 13.0 Å². The Bertz CT molecular complexity index is 972. The molecule has 0 radical (unpaired) electrons. The maximum Gasteiger partial charge on any atom is 0.115 e. The monoisotopic (exact) mass is 434 g/mol. The second kappa shape index (κ2) is 11.8. The van der Waals surface area contributed by atoms with Crippen LogP contribution >= 0.6 is 23.5 Å². The molecule has 1 aromatic heterocycles. The van der Waals surface area contributed by atoms with Crippen LogP contribution in [0.15, 0.2) is 71.8 Å². The van der Waals surface area contributed by atoms with E-state index < -0.39 is 6.10 Å². The number of pyridine rings is 1. The highest BCUT2D eigenvalue weighted by Crippen LogP contribution is 2.34. The fourth-order valence-electron chi connectivity index (χ4n) is 3.03. The van der Waals surface area contributed by atoms with E-state index in [1.165, 1.54) is 24.6 Å². The quantitative estimate of drug-likeness (QED) is 0.301. The Kier molecular flexibility index (Phi) is 8.82. The average molecular weight is 435 g/mol. The van der Waals surface area contributed by atoms with Gasteiger partial charge in [0.2, 0.25) is 0 Å². The van der Waals surface area contributed by atoms with Crippen molar-refractivity contribution in [2.75, 3.05) is 17.3 Å². The summed E-state index contributed by atoms with van der Waals surface area (Å²) in [5, 5.41) is 21.0. The molecule has 0 aliphatic carbocycles. The van der Waals surface area contributed by atoms with Gasteiger partial charge in [0.15, 0.2) is 0 Å². The highest BCUT2D eigenvalue weighted by molar-refractivity contribution is 8.00. The summed E-state index contributed by atoms with van der Waals surface area (Å²) < 4.78 is 0. The van der Waals surface area contributed by atoms with Gasteiger partial charge in [0.05, 0.1) is 17.4 Å². The molecule has 30 heavy (non-hydrogen) atoms. The summed E-state index contributed by atoms with van der Waals surface area (Å²) in [6.07, 6.45) is 1.91. The minimum absolute atomic E-state index is 0.425. The summed E-state index contributed by atoms with van der Waals surface area (Å²) in [7, 11) is 0. The number of nitriles is 1. The number of unbranched alkanes of at least 4 members (excludes halogenated alkanes) is 1. The zero-order valence-corrected chi connectivity index (χ0v) is 18.8. The lowest BCUT2D eigenvalue weighted by Gasteiger charge is -2.14. The van der Waals surface area contributed by atoms with E-state index in [0.717, 1.165) is 28.1 Å². The molecule has 5 heteroatoms. The molecular weight excluding hydrogens is 408 g/mol. The standard InChI is InChI=1S/C25H26N2OS2/c1-2-3-14-29-17-21(28)18-30-25-23(16-26)22(19-10-6-4-7-11-19)15-24(27-25)20-12-8-5-9-13-20/h4-13,15,21,28H,2-3,14,17-18H2,1H3. The smallest absolute Gasteiger partial charge is 0.115 e. The lowest BCUT2D eigenvalue weighted by atomic mass is 9.99. The number of benzene rings is 2. The molecule has 3 aromatic rings. The average Bonchev–Trinajstić information content (AvgIpc) is 2.81. The molecule has 0 saturated carbocycles. The number of aliphatic hydroxyl groups is 1. The lowest BCUT2D eigenvalue weighted by Crippen LogP contribution is -2.14. The Labute approximate surface area is 187 Å². The summed E-state index contributed by atoms with van der Waals surface area (Å²) >= 11 is 3.25. The first-order valence-electron chi connectivity index (χ1n) is 10.2. The van der Waals surface area contributed by atoms with Crippen molar-refractivity contribution in [1.29, 1.82) is 5.26 Å². The maximum absolute atomic E-state index is 10.4. The number of hydrogen-bond acceptors (Lipinski definition) is 5. The van der Waals surface area contributed by atoms with Crippen molar-refractivity contribution >= 4 is 23.5 Å². The van der Waals surface area contributed by atoms with Crippen LogP contribution in [-0.2, 0) is 0 Å². The molecule has 0 aliphatic heterocycles. The number of rotatable bonds is 10. The van der Waals surface area contributed by atoms with Gasteiger partial charge in [0.25, 0.3) is 0 Å². The summed E-state index contributed by atoms with van der Waals surface area (Å²) in [5.74, 6) is 2.30. The van der Waals surface area contributed by atoms with E-state index in [9.17, 15) is 10.4 Å². The topological polar surface area (TPSA) is 56.9 Å². The van der Waals surface area contributed by atoms with E-state index >= 15 is 0 Å². The van der Waals surface area contributed by atoms with Gasteiger partial charge in [-0.05, 0) is 23.8 Å². The fourth-order valence-corrected chi connectivity index (χ4v) is 5.15. The van der Waals surface area contributed by atoms with E-state index in [0.29, 0.717) is 22.1 Å². The van der Waals surface area contributed by atoms with Crippen molar-refractivity contribution in [2.24, 2.45) is 0 Å². The zero-order valence-electron chi connectivity index (χ0n) is 17.1. The third kappa shape index (κ3) is 6.12. The SMILES string of the molecule is CCCCSCC(O)CSc1nc(-c2ccccc2)cc(-c2ccccc2)c1C#N. The molecular formula is C25H26N2OS2. The molecule has 1 heterocycles. The number of hydrogen-bond donors (Lipinski definition) is 1. The van der Waals surface area contributed by atoms with Crippen molar-refractivity contribution in [3.05, 3.63) is 72.3 Å². The first kappa shape index (κ1) is 22.4. The van der Waals surface area contributed by atoms with Crippen LogP contribution in [0.25, 0.3) is 22.4 Å². The zero-order chi connectivity index (χ0) is 21.2. The van der Waals surface area contributed by atoms with Crippen molar-refractivity contribution in [2.45, 2.75) is 30.9 Å². The predicted octanol–water partition coefficient (Wildman–Crippen LogP) is 6.27. The highest BCUT2D eigenvalue weighted by Gasteiger charge is 2.17. The molecule has 3 nitrogen and oxygen atoms in total. The third-order valence-corrected chi connectivity index (χ3v) is 6.94. The Morgan fingerprint density at radius 3 is 2.30 bits per heavy atom. The summed E-state index contributed by atoms with van der Waals surface area (Å²) in [4.78, 5) is 4.80. The Balaban J connectivity index is 1.90. The van der Waals surface area contributed by atoms with Gasteiger partial charge in [-0.15, -0.1) is 11.8 Å². The predicted molar refractivity (Wildman–Crippen MR) is 129 cm³/mol. The van der Waals surface area contributed by atoms with Gasteiger partial charge in [0, 0.05) is 22.6 Å². The van der Waals surface area contributed by atoms with Gasteiger partial charge < -0.3 is 5.11 Å². The summed E-state index contributed by atoms with van der Waals surface area (Å²) in [5.41, 5.74) is 4.28. The molecule has 0 spiro atoms. The van der Waals surface area contributed by atoms with Crippen LogP contribution in [0.4, 0.5) is 0 Å². The fraction of sp³-hybridized carbons (Fsp3) is 0.280. The molecule has 2 aromatic carbocycles. The minimum atomic E-state index is -0.425. The van der Waals surface area contributed by atoms with Gasteiger partial charge in [-0.25, -0.2) is 4.98 Å². The van der Waals surface area contributed by atoms with Crippen LogP contribution in [0, 0.1) is 11.3 Å². The molecule has 154 valence electrons. The van der Waals surface area contributed by atoms with Gasteiger partial charge in [-0.2, -0.15) is 17.0 Å². The van der Waals surface area contributed by atoms with Crippen LogP contribution in [-0.4, -0.2) is 33.5 Å². The second-order valence-corrected chi connectivity index (χ2v) is 9.13. The van der Waals surface area contributed by atoms with Gasteiger partial charge in [0.1, 0.15) is 11.1 Å². The second-order valence-electron chi connectivity index (χ2n) is 6.97. The van der Waals surface area contributed by atoms with Gasteiger partial charge >= 0.3 is 0 Å².